The maximum atomic E-state index is 4.67. The first-order valence-electron chi connectivity index (χ1n) is 5.54. The van der Waals surface area contributed by atoms with E-state index in [9.17, 15) is 0 Å². The third-order valence-electron chi connectivity index (χ3n) is 2.98. The van der Waals surface area contributed by atoms with E-state index in [2.05, 4.69) is 42.8 Å². The molecule has 1 unspecified atom stereocenters. The minimum absolute atomic E-state index is 0.598. The lowest BCUT2D eigenvalue weighted by Gasteiger charge is -2.04. The molecule has 0 amide bonds. The smallest absolute Gasteiger partial charge is 0.0643 e. The Bertz CT molecular complexity index is 376. The van der Waals surface area contributed by atoms with Crippen LogP contribution in [0.2, 0.25) is 0 Å². The van der Waals surface area contributed by atoms with Crippen molar-refractivity contribution in [2.75, 3.05) is 0 Å². The zero-order chi connectivity index (χ0) is 10.7. The average molecular weight is 199 g/mol. The zero-order valence-electron chi connectivity index (χ0n) is 9.24. The number of allylic oxidation sites excluding steroid dienone is 1. The van der Waals surface area contributed by atoms with E-state index in [1.807, 2.05) is 6.07 Å². The summed E-state index contributed by atoms with van der Waals surface area (Å²) in [7, 11) is 0. The first-order valence-corrected chi connectivity index (χ1v) is 5.54. The molecule has 1 heteroatoms. The van der Waals surface area contributed by atoms with Gasteiger partial charge in [-0.25, -0.2) is 0 Å². The average Bonchev–Trinajstić information content (AvgIpc) is 2.58. The van der Waals surface area contributed by atoms with Crippen LogP contribution in [0.15, 0.2) is 47.5 Å². The molecular weight excluding hydrogens is 182 g/mol. The molecule has 78 valence electrons. The number of hydrogen-bond acceptors (Lipinski definition) is 1. The lowest BCUT2D eigenvalue weighted by molar-refractivity contribution is 0.738. The van der Waals surface area contributed by atoms with Gasteiger partial charge in [0, 0.05) is 5.71 Å². The third kappa shape index (κ3) is 2.35. The fraction of sp³-hybridized carbons (Fsp3) is 0.357. The van der Waals surface area contributed by atoms with Crippen molar-refractivity contribution in [2.24, 2.45) is 10.9 Å². The number of rotatable bonds is 2. The molecule has 1 atom stereocenters. The van der Waals surface area contributed by atoms with Gasteiger partial charge in [-0.05, 0) is 29.9 Å². The Morgan fingerprint density at radius 1 is 1.33 bits per heavy atom. The summed E-state index contributed by atoms with van der Waals surface area (Å²) in [5.41, 5.74) is 3.74. The van der Waals surface area contributed by atoms with Gasteiger partial charge in [0.15, 0.2) is 0 Å². The molecule has 0 saturated heterocycles. The normalized spacial score (nSPS) is 23.7. The van der Waals surface area contributed by atoms with Crippen LogP contribution in [0.1, 0.15) is 25.3 Å². The summed E-state index contributed by atoms with van der Waals surface area (Å²) in [6, 6.07) is 10.4. The second-order valence-corrected chi connectivity index (χ2v) is 4.23. The fourth-order valence-electron chi connectivity index (χ4n) is 2.03. The van der Waals surface area contributed by atoms with Crippen molar-refractivity contribution >= 4 is 5.71 Å². The van der Waals surface area contributed by atoms with Crippen LogP contribution in [0.4, 0.5) is 0 Å². The molecular formula is C14H17N. The minimum Gasteiger partial charge on any atom is -0.284 e. The van der Waals surface area contributed by atoms with Crippen molar-refractivity contribution in [1.29, 1.82) is 0 Å². The lowest BCUT2D eigenvalue weighted by Crippen LogP contribution is -2.04. The Labute approximate surface area is 91.6 Å². The van der Waals surface area contributed by atoms with E-state index in [0.717, 1.165) is 13.0 Å². The Balaban J connectivity index is 2.08. The second-order valence-electron chi connectivity index (χ2n) is 4.23. The Hall–Kier alpha value is -1.37. The van der Waals surface area contributed by atoms with Crippen molar-refractivity contribution in [3.63, 3.8) is 0 Å². The van der Waals surface area contributed by atoms with Crippen molar-refractivity contribution in [1.82, 2.24) is 0 Å². The van der Waals surface area contributed by atoms with Gasteiger partial charge in [0.1, 0.15) is 0 Å². The molecule has 2 rings (SSSR count). The molecule has 0 aromatic heterocycles. The van der Waals surface area contributed by atoms with Gasteiger partial charge in [0.25, 0.3) is 0 Å². The van der Waals surface area contributed by atoms with Crippen LogP contribution < -0.4 is 0 Å². The minimum atomic E-state index is 0.598. The van der Waals surface area contributed by atoms with Crippen LogP contribution in [-0.2, 0) is 6.54 Å². The van der Waals surface area contributed by atoms with Crippen LogP contribution in [0.3, 0.4) is 0 Å². The van der Waals surface area contributed by atoms with E-state index in [0.29, 0.717) is 5.92 Å². The van der Waals surface area contributed by atoms with Crippen LogP contribution in [0.5, 0.6) is 0 Å². The van der Waals surface area contributed by atoms with Crippen molar-refractivity contribution in [2.45, 2.75) is 26.3 Å². The van der Waals surface area contributed by atoms with Crippen LogP contribution in [-0.4, -0.2) is 5.71 Å². The summed E-state index contributed by atoms with van der Waals surface area (Å²) in [4.78, 5) is 4.67. The molecule has 0 heterocycles. The molecule has 0 aliphatic heterocycles. The van der Waals surface area contributed by atoms with E-state index in [4.69, 9.17) is 0 Å². The van der Waals surface area contributed by atoms with Gasteiger partial charge in [-0.15, -0.1) is 0 Å². The number of aliphatic imine (C=N–C) groups is 1. The summed E-state index contributed by atoms with van der Waals surface area (Å²) in [5.74, 6) is 0.598. The Morgan fingerprint density at radius 2 is 2.07 bits per heavy atom. The lowest BCUT2D eigenvalue weighted by atomic mass is 10.1. The second kappa shape index (κ2) is 4.43. The predicted octanol–water partition coefficient (Wildman–Crippen LogP) is 3.61. The van der Waals surface area contributed by atoms with E-state index in [-0.39, 0.29) is 0 Å². The van der Waals surface area contributed by atoms with Crippen molar-refractivity contribution < 1.29 is 0 Å². The molecule has 0 radical (unpaired) electrons. The first kappa shape index (κ1) is 10.2. The zero-order valence-corrected chi connectivity index (χ0v) is 9.24. The Morgan fingerprint density at radius 3 is 2.67 bits per heavy atom. The fourth-order valence-corrected chi connectivity index (χ4v) is 2.03. The maximum Gasteiger partial charge on any atom is 0.0643 e. The SMILES string of the molecule is C=C1CCC(C)C1=NCc1ccccc1. The highest BCUT2D eigenvalue weighted by Gasteiger charge is 2.20. The van der Waals surface area contributed by atoms with Crippen molar-refractivity contribution in [3.05, 3.63) is 48.0 Å². The summed E-state index contributed by atoms with van der Waals surface area (Å²) in [6.07, 6.45) is 2.33. The molecule has 0 spiro atoms. The molecule has 1 saturated carbocycles. The standard InChI is InChI=1S/C14H17N/c1-11-8-9-12(2)14(11)15-10-13-6-4-3-5-7-13/h3-7,12H,1,8-10H2,2H3. The van der Waals surface area contributed by atoms with E-state index < -0.39 is 0 Å². The molecule has 0 N–H and O–H groups in total. The molecule has 15 heavy (non-hydrogen) atoms. The molecule has 1 fully saturated rings. The monoisotopic (exact) mass is 199 g/mol. The number of nitrogens with zero attached hydrogens (tertiary/aromatic N) is 1. The number of hydrogen-bond donors (Lipinski definition) is 0. The maximum absolute atomic E-state index is 4.67. The van der Waals surface area contributed by atoms with Gasteiger partial charge in [0.2, 0.25) is 0 Å². The van der Waals surface area contributed by atoms with Gasteiger partial charge < -0.3 is 0 Å². The molecule has 1 nitrogen and oxygen atoms in total. The molecule has 1 aromatic carbocycles. The highest BCUT2D eigenvalue weighted by molar-refractivity contribution is 6.03. The molecule has 1 aliphatic rings. The summed E-state index contributed by atoms with van der Waals surface area (Å²) >= 11 is 0. The largest absolute Gasteiger partial charge is 0.284 e. The highest BCUT2D eigenvalue weighted by Crippen LogP contribution is 2.26. The summed E-state index contributed by atoms with van der Waals surface area (Å²) < 4.78 is 0. The van der Waals surface area contributed by atoms with Gasteiger partial charge in [0.05, 0.1) is 6.54 Å². The molecule has 1 aliphatic carbocycles. The van der Waals surface area contributed by atoms with E-state index >= 15 is 0 Å². The van der Waals surface area contributed by atoms with E-state index in [1.54, 1.807) is 0 Å². The van der Waals surface area contributed by atoms with Gasteiger partial charge in [-0.1, -0.05) is 43.8 Å². The number of benzene rings is 1. The molecule has 1 aromatic rings. The van der Waals surface area contributed by atoms with Crippen LogP contribution >= 0.6 is 0 Å². The van der Waals surface area contributed by atoms with Gasteiger partial charge >= 0.3 is 0 Å². The third-order valence-corrected chi connectivity index (χ3v) is 2.98. The summed E-state index contributed by atoms with van der Waals surface area (Å²) in [6.45, 7) is 7.10. The van der Waals surface area contributed by atoms with Gasteiger partial charge in [-0.2, -0.15) is 0 Å². The van der Waals surface area contributed by atoms with Crippen LogP contribution in [0, 0.1) is 5.92 Å². The predicted molar refractivity (Wildman–Crippen MR) is 65.1 cm³/mol. The summed E-state index contributed by atoms with van der Waals surface area (Å²) in [5, 5.41) is 0. The first-order chi connectivity index (χ1) is 7.27. The highest BCUT2D eigenvalue weighted by atomic mass is 14.7. The van der Waals surface area contributed by atoms with Gasteiger partial charge in [-0.3, -0.25) is 4.99 Å². The quantitative estimate of drug-likeness (QED) is 0.690. The van der Waals surface area contributed by atoms with E-state index in [1.165, 1.54) is 23.3 Å². The topological polar surface area (TPSA) is 12.4 Å². The molecule has 0 bridgehead atoms. The van der Waals surface area contributed by atoms with Crippen molar-refractivity contribution in [3.8, 4) is 0 Å². The Kier molecular flexibility index (Phi) is 3.00. The van der Waals surface area contributed by atoms with Crippen LogP contribution in [0.25, 0.3) is 0 Å².